The SMILES string of the molecule is CCc1nc2c(F)cc(Br)cn2c1N(C)C=O. The molecule has 90 valence electrons. The van der Waals surface area contributed by atoms with E-state index >= 15 is 0 Å². The molecule has 0 aromatic carbocycles. The zero-order valence-corrected chi connectivity index (χ0v) is 11.0. The second-order valence-electron chi connectivity index (χ2n) is 3.65. The Labute approximate surface area is 106 Å². The van der Waals surface area contributed by atoms with Gasteiger partial charge in [-0.3, -0.25) is 9.20 Å². The molecule has 2 heterocycles. The molecular weight excluding hydrogens is 289 g/mol. The number of imidazole rings is 1. The Hall–Kier alpha value is -1.43. The van der Waals surface area contributed by atoms with Gasteiger partial charge in [-0.25, -0.2) is 9.37 Å². The van der Waals surface area contributed by atoms with Crippen LogP contribution in [0.3, 0.4) is 0 Å². The van der Waals surface area contributed by atoms with Crippen molar-refractivity contribution in [3.8, 4) is 0 Å². The number of amides is 1. The van der Waals surface area contributed by atoms with Crippen LogP contribution in [0.25, 0.3) is 5.65 Å². The van der Waals surface area contributed by atoms with E-state index in [0.717, 1.165) is 0 Å². The summed E-state index contributed by atoms with van der Waals surface area (Å²) in [7, 11) is 1.62. The maximum Gasteiger partial charge on any atom is 0.215 e. The lowest BCUT2D eigenvalue weighted by molar-refractivity contribution is -0.107. The van der Waals surface area contributed by atoms with Gasteiger partial charge < -0.3 is 4.90 Å². The van der Waals surface area contributed by atoms with Gasteiger partial charge in [-0.05, 0) is 28.4 Å². The van der Waals surface area contributed by atoms with Gasteiger partial charge in [0.2, 0.25) is 6.41 Å². The maximum atomic E-state index is 13.7. The quantitative estimate of drug-likeness (QED) is 0.816. The second-order valence-corrected chi connectivity index (χ2v) is 4.57. The number of fused-ring (bicyclic) bond motifs is 1. The number of rotatable bonds is 3. The Balaban J connectivity index is 2.82. The molecule has 2 rings (SSSR count). The molecule has 0 saturated carbocycles. The summed E-state index contributed by atoms with van der Waals surface area (Å²) >= 11 is 3.22. The van der Waals surface area contributed by atoms with Crippen LogP contribution in [0, 0.1) is 5.82 Å². The summed E-state index contributed by atoms with van der Waals surface area (Å²) in [5.74, 6) is 0.178. The highest BCUT2D eigenvalue weighted by Crippen LogP contribution is 2.25. The van der Waals surface area contributed by atoms with Crippen molar-refractivity contribution < 1.29 is 9.18 Å². The number of hydrogen-bond acceptors (Lipinski definition) is 2. The topological polar surface area (TPSA) is 37.6 Å². The summed E-state index contributed by atoms with van der Waals surface area (Å²) in [6.45, 7) is 1.91. The van der Waals surface area contributed by atoms with E-state index in [4.69, 9.17) is 0 Å². The molecule has 0 aliphatic carbocycles. The molecule has 2 aromatic heterocycles. The van der Waals surface area contributed by atoms with Crippen molar-refractivity contribution in [3.63, 3.8) is 0 Å². The Kier molecular flexibility index (Phi) is 3.15. The lowest BCUT2D eigenvalue weighted by Crippen LogP contribution is -2.17. The summed E-state index contributed by atoms with van der Waals surface area (Å²) < 4.78 is 15.9. The number of nitrogens with zero attached hydrogens (tertiary/aromatic N) is 3. The number of anilines is 1. The van der Waals surface area contributed by atoms with Crippen LogP contribution >= 0.6 is 15.9 Å². The number of pyridine rings is 1. The van der Waals surface area contributed by atoms with Crippen molar-refractivity contribution in [2.45, 2.75) is 13.3 Å². The van der Waals surface area contributed by atoms with E-state index in [1.54, 1.807) is 17.6 Å². The van der Waals surface area contributed by atoms with Gasteiger partial charge in [-0.2, -0.15) is 0 Å². The molecule has 0 unspecified atom stereocenters. The number of aryl methyl sites for hydroxylation is 1. The first-order valence-electron chi connectivity index (χ1n) is 5.12. The molecule has 2 aromatic rings. The van der Waals surface area contributed by atoms with E-state index in [2.05, 4.69) is 20.9 Å². The number of carbonyl (C=O) groups is 1. The van der Waals surface area contributed by atoms with Crippen molar-refractivity contribution in [3.05, 3.63) is 28.2 Å². The van der Waals surface area contributed by atoms with Gasteiger partial charge in [0.05, 0.1) is 5.69 Å². The Morgan fingerprint density at radius 3 is 2.94 bits per heavy atom. The monoisotopic (exact) mass is 299 g/mol. The van der Waals surface area contributed by atoms with Crippen molar-refractivity contribution in [2.75, 3.05) is 11.9 Å². The summed E-state index contributed by atoms with van der Waals surface area (Å²) in [6, 6.07) is 1.35. The minimum absolute atomic E-state index is 0.230. The van der Waals surface area contributed by atoms with E-state index in [1.807, 2.05) is 6.92 Å². The molecule has 0 spiro atoms. The highest BCUT2D eigenvalue weighted by molar-refractivity contribution is 9.10. The fourth-order valence-corrected chi connectivity index (χ4v) is 2.17. The van der Waals surface area contributed by atoms with Crippen LogP contribution in [0.5, 0.6) is 0 Å². The molecule has 0 bridgehead atoms. The Morgan fingerprint density at radius 2 is 2.35 bits per heavy atom. The Bertz CT molecular complexity index is 582. The van der Waals surface area contributed by atoms with Crippen molar-refractivity contribution >= 4 is 33.8 Å². The van der Waals surface area contributed by atoms with Crippen LogP contribution in [0.15, 0.2) is 16.7 Å². The van der Waals surface area contributed by atoms with Gasteiger partial charge in [0, 0.05) is 17.7 Å². The third-order valence-corrected chi connectivity index (χ3v) is 2.95. The molecule has 0 fully saturated rings. The van der Waals surface area contributed by atoms with Crippen LogP contribution < -0.4 is 4.90 Å². The van der Waals surface area contributed by atoms with E-state index in [9.17, 15) is 9.18 Å². The lowest BCUT2D eigenvalue weighted by atomic mass is 10.3. The van der Waals surface area contributed by atoms with Crippen LogP contribution in [0.2, 0.25) is 0 Å². The van der Waals surface area contributed by atoms with Crippen molar-refractivity contribution in [1.82, 2.24) is 9.38 Å². The standard InChI is InChI=1S/C11H11BrFN3O/c1-3-9-11(15(2)6-17)16-5-7(12)4-8(13)10(16)14-9/h4-6H,3H2,1-2H3. The molecule has 0 atom stereocenters. The molecule has 6 heteroatoms. The minimum atomic E-state index is -0.417. The average molecular weight is 300 g/mol. The molecule has 0 saturated heterocycles. The first kappa shape index (κ1) is 12.0. The summed E-state index contributed by atoms with van der Waals surface area (Å²) in [4.78, 5) is 16.5. The normalized spacial score (nSPS) is 10.8. The number of hydrogen-bond donors (Lipinski definition) is 0. The highest BCUT2D eigenvalue weighted by Gasteiger charge is 2.17. The van der Waals surface area contributed by atoms with Crippen LogP contribution in [0.1, 0.15) is 12.6 Å². The van der Waals surface area contributed by atoms with Crippen molar-refractivity contribution in [2.24, 2.45) is 0 Å². The Morgan fingerprint density at radius 1 is 1.65 bits per heavy atom. The zero-order valence-electron chi connectivity index (χ0n) is 9.44. The number of aromatic nitrogens is 2. The van der Waals surface area contributed by atoms with Gasteiger partial charge in [0.15, 0.2) is 11.5 Å². The molecule has 4 nitrogen and oxygen atoms in total. The highest BCUT2D eigenvalue weighted by atomic mass is 79.9. The molecule has 0 aliphatic heterocycles. The summed E-state index contributed by atoms with van der Waals surface area (Å²) in [6.07, 6.45) is 3.01. The predicted molar refractivity (Wildman–Crippen MR) is 66.7 cm³/mol. The summed E-state index contributed by atoms with van der Waals surface area (Å²) in [5, 5.41) is 0. The number of halogens is 2. The first-order valence-corrected chi connectivity index (χ1v) is 5.91. The van der Waals surface area contributed by atoms with Gasteiger partial charge in [0.25, 0.3) is 0 Å². The number of carbonyl (C=O) groups excluding carboxylic acids is 1. The predicted octanol–water partition coefficient (Wildman–Crippen LogP) is 2.39. The molecule has 0 radical (unpaired) electrons. The second kappa shape index (κ2) is 4.44. The third-order valence-electron chi connectivity index (χ3n) is 2.51. The van der Waals surface area contributed by atoms with Gasteiger partial charge in [-0.15, -0.1) is 0 Å². The largest absolute Gasteiger partial charge is 0.302 e. The molecule has 17 heavy (non-hydrogen) atoms. The fraction of sp³-hybridized carbons (Fsp3) is 0.273. The van der Waals surface area contributed by atoms with Gasteiger partial charge in [-0.1, -0.05) is 6.92 Å². The lowest BCUT2D eigenvalue weighted by Gasteiger charge is -2.12. The molecular formula is C11H11BrFN3O. The molecule has 0 N–H and O–H groups in total. The van der Waals surface area contributed by atoms with Crippen molar-refractivity contribution in [1.29, 1.82) is 0 Å². The van der Waals surface area contributed by atoms with E-state index < -0.39 is 5.82 Å². The fourth-order valence-electron chi connectivity index (χ4n) is 1.77. The third kappa shape index (κ3) is 1.93. The zero-order chi connectivity index (χ0) is 12.6. The van der Waals surface area contributed by atoms with E-state index in [0.29, 0.717) is 28.8 Å². The van der Waals surface area contributed by atoms with Gasteiger partial charge >= 0.3 is 0 Å². The minimum Gasteiger partial charge on any atom is -0.302 e. The van der Waals surface area contributed by atoms with E-state index in [1.165, 1.54) is 11.0 Å². The molecule has 1 amide bonds. The maximum absolute atomic E-state index is 13.7. The average Bonchev–Trinajstić information content (AvgIpc) is 2.66. The summed E-state index contributed by atoms with van der Waals surface area (Å²) in [5.41, 5.74) is 0.922. The molecule has 0 aliphatic rings. The van der Waals surface area contributed by atoms with E-state index in [-0.39, 0.29) is 5.65 Å². The van der Waals surface area contributed by atoms with Crippen LogP contribution in [-0.4, -0.2) is 22.8 Å². The van der Waals surface area contributed by atoms with Crippen LogP contribution in [-0.2, 0) is 11.2 Å². The van der Waals surface area contributed by atoms with Gasteiger partial charge in [0.1, 0.15) is 5.82 Å². The first-order chi connectivity index (χ1) is 8.08. The van der Waals surface area contributed by atoms with Crippen LogP contribution in [0.4, 0.5) is 10.2 Å². The smallest absolute Gasteiger partial charge is 0.215 e.